The third kappa shape index (κ3) is 2.52. The van der Waals surface area contributed by atoms with Gasteiger partial charge < -0.3 is 10.6 Å². The van der Waals surface area contributed by atoms with Gasteiger partial charge >= 0.3 is 0 Å². The molecule has 1 fully saturated rings. The normalized spacial score (nSPS) is 19.3. The summed E-state index contributed by atoms with van der Waals surface area (Å²) in [6.07, 6.45) is 0. The summed E-state index contributed by atoms with van der Waals surface area (Å²) >= 11 is 5.01. The van der Waals surface area contributed by atoms with Gasteiger partial charge in [0.2, 0.25) is 5.95 Å². The number of hydrogen-bond acceptors (Lipinski definition) is 6. The first-order valence-electron chi connectivity index (χ1n) is 5.60. The van der Waals surface area contributed by atoms with Crippen LogP contribution in [0.15, 0.2) is 0 Å². The van der Waals surface area contributed by atoms with Crippen molar-refractivity contribution in [3.05, 3.63) is 0 Å². The molecule has 0 bridgehead atoms. The molecule has 1 unspecified atom stereocenters. The molecule has 17 heavy (non-hydrogen) atoms. The summed E-state index contributed by atoms with van der Waals surface area (Å²) in [5.74, 6) is 0.813. The van der Waals surface area contributed by atoms with Gasteiger partial charge in [-0.15, -0.1) is 0 Å². The third-order valence-electron chi connectivity index (χ3n) is 3.15. The number of thiocarbonyl (C=S) groups is 1. The predicted octanol–water partition coefficient (Wildman–Crippen LogP) is -0.993. The fraction of sp³-hybridized carbons (Fsp3) is 0.778. The molecule has 2 rings (SSSR count). The Labute approximate surface area is 106 Å². The van der Waals surface area contributed by atoms with E-state index < -0.39 is 0 Å². The zero-order valence-electron chi connectivity index (χ0n) is 10.1. The molecule has 1 saturated heterocycles. The summed E-state index contributed by atoms with van der Waals surface area (Å²) in [5, 5.41) is 11.5. The van der Waals surface area contributed by atoms with Crippen LogP contribution in [-0.4, -0.2) is 62.3 Å². The fourth-order valence-corrected chi connectivity index (χ4v) is 2.13. The van der Waals surface area contributed by atoms with E-state index in [1.54, 1.807) is 4.68 Å². The van der Waals surface area contributed by atoms with Gasteiger partial charge in [-0.3, -0.25) is 4.90 Å². The highest BCUT2D eigenvalue weighted by Crippen LogP contribution is 2.12. The highest BCUT2D eigenvalue weighted by atomic mass is 32.1. The molecular weight excluding hydrogens is 238 g/mol. The summed E-state index contributed by atoms with van der Waals surface area (Å²) in [5.41, 5.74) is 5.66. The number of piperazine rings is 1. The van der Waals surface area contributed by atoms with Gasteiger partial charge in [0.15, 0.2) is 0 Å². The first-order valence-corrected chi connectivity index (χ1v) is 6.01. The highest BCUT2D eigenvalue weighted by molar-refractivity contribution is 7.80. The van der Waals surface area contributed by atoms with Crippen LogP contribution < -0.4 is 10.6 Å². The highest BCUT2D eigenvalue weighted by Gasteiger charge is 2.24. The molecule has 0 saturated carbocycles. The van der Waals surface area contributed by atoms with E-state index in [4.69, 9.17) is 18.0 Å². The molecule has 0 aliphatic carbocycles. The van der Waals surface area contributed by atoms with Crippen molar-refractivity contribution >= 4 is 23.2 Å². The number of anilines is 1. The summed E-state index contributed by atoms with van der Waals surface area (Å²) in [4.78, 5) is 5.00. The molecule has 1 aromatic heterocycles. The van der Waals surface area contributed by atoms with Crippen LogP contribution in [0.25, 0.3) is 0 Å². The van der Waals surface area contributed by atoms with Gasteiger partial charge in [-0.05, 0) is 17.4 Å². The average Bonchev–Trinajstić information content (AvgIpc) is 2.74. The van der Waals surface area contributed by atoms with E-state index in [0.717, 1.165) is 32.1 Å². The van der Waals surface area contributed by atoms with Crippen molar-refractivity contribution in [2.75, 3.05) is 31.1 Å². The Morgan fingerprint density at radius 1 is 1.35 bits per heavy atom. The van der Waals surface area contributed by atoms with Crippen molar-refractivity contribution < 1.29 is 0 Å². The Hall–Kier alpha value is -1.28. The Morgan fingerprint density at radius 3 is 2.47 bits per heavy atom. The SMILES string of the molecule is CC(C(N)=S)N1CCN(c2nnnn2C)CC1. The summed E-state index contributed by atoms with van der Waals surface area (Å²) in [6.45, 7) is 5.67. The van der Waals surface area contributed by atoms with Gasteiger partial charge in [0.05, 0.1) is 11.0 Å². The van der Waals surface area contributed by atoms with Gasteiger partial charge in [0.25, 0.3) is 0 Å². The lowest BCUT2D eigenvalue weighted by Gasteiger charge is -2.37. The zero-order chi connectivity index (χ0) is 12.4. The number of nitrogens with zero attached hydrogens (tertiary/aromatic N) is 6. The molecule has 2 heterocycles. The minimum Gasteiger partial charge on any atom is -0.392 e. The smallest absolute Gasteiger partial charge is 0.245 e. The fourth-order valence-electron chi connectivity index (χ4n) is 1.98. The summed E-state index contributed by atoms with van der Waals surface area (Å²) < 4.78 is 1.69. The van der Waals surface area contributed by atoms with Crippen LogP contribution in [0.4, 0.5) is 5.95 Å². The second kappa shape index (κ2) is 4.92. The van der Waals surface area contributed by atoms with E-state index in [0.29, 0.717) is 4.99 Å². The van der Waals surface area contributed by atoms with E-state index in [2.05, 4.69) is 25.3 Å². The molecule has 1 aliphatic heterocycles. The Bertz CT molecular complexity index is 396. The average molecular weight is 255 g/mol. The molecule has 0 spiro atoms. The van der Waals surface area contributed by atoms with Crippen LogP contribution in [0, 0.1) is 0 Å². The van der Waals surface area contributed by atoms with Crippen molar-refractivity contribution in [3.8, 4) is 0 Å². The molecule has 0 radical (unpaired) electrons. The second-order valence-electron chi connectivity index (χ2n) is 4.20. The molecule has 0 amide bonds. The van der Waals surface area contributed by atoms with E-state index in [1.807, 2.05) is 14.0 Å². The van der Waals surface area contributed by atoms with Crippen LogP contribution >= 0.6 is 12.2 Å². The molecule has 8 heteroatoms. The maximum absolute atomic E-state index is 5.66. The van der Waals surface area contributed by atoms with Crippen LogP contribution in [0.1, 0.15) is 6.92 Å². The molecule has 0 aromatic carbocycles. The monoisotopic (exact) mass is 255 g/mol. The van der Waals surface area contributed by atoms with Crippen LogP contribution in [0.5, 0.6) is 0 Å². The lowest BCUT2D eigenvalue weighted by atomic mass is 10.2. The second-order valence-corrected chi connectivity index (χ2v) is 4.68. The topological polar surface area (TPSA) is 76.1 Å². The number of aromatic nitrogens is 4. The van der Waals surface area contributed by atoms with E-state index >= 15 is 0 Å². The zero-order valence-corrected chi connectivity index (χ0v) is 10.9. The number of tetrazole rings is 1. The van der Waals surface area contributed by atoms with Crippen molar-refractivity contribution in [1.29, 1.82) is 0 Å². The molecule has 1 aromatic rings. The Morgan fingerprint density at radius 2 is 2.00 bits per heavy atom. The Kier molecular flexibility index (Phi) is 3.53. The van der Waals surface area contributed by atoms with Gasteiger partial charge in [-0.25, -0.2) is 4.68 Å². The van der Waals surface area contributed by atoms with Crippen LogP contribution in [-0.2, 0) is 7.05 Å². The first-order chi connectivity index (χ1) is 8.09. The standard InChI is InChI=1S/C9H17N7S/c1-7(8(10)17)15-3-5-16(6-4-15)9-11-12-13-14(9)2/h7H,3-6H2,1-2H3,(H2,10,17). The predicted molar refractivity (Wildman–Crippen MR) is 68.8 cm³/mol. The molecular formula is C9H17N7S. The molecule has 94 valence electrons. The van der Waals surface area contributed by atoms with Crippen molar-refractivity contribution in [2.24, 2.45) is 12.8 Å². The van der Waals surface area contributed by atoms with Crippen molar-refractivity contribution in [3.63, 3.8) is 0 Å². The van der Waals surface area contributed by atoms with E-state index in [-0.39, 0.29) is 6.04 Å². The number of rotatable bonds is 3. The van der Waals surface area contributed by atoms with Gasteiger partial charge in [0.1, 0.15) is 0 Å². The lowest BCUT2D eigenvalue weighted by Crippen LogP contribution is -2.53. The van der Waals surface area contributed by atoms with Gasteiger partial charge in [0, 0.05) is 33.2 Å². The number of nitrogens with two attached hydrogens (primary N) is 1. The molecule has 1 aliphatic rings. The van der Waals surface area contributed by atoms with Crippen LogP contribution in [0.2, 0.25) is 0 Å². The van der Waals surface area contributed by atoms with Crippen molar-refractivity contribution in [1.82, 2.24) is 25.1 Å². The first kappa shape index (κ1) is 12.2. The largest absolute Gasteiger partial charge is 0.392 e. The quantitative estimate of drug-likeness (QED) is 0.695. The summed E-state index contributed by atoms with van der Waals surface area (Å²) in [6, 6.07) is 0.157. The molecule has 7 nitrogen and oxygen atoms in total. The number of hydrogen-bond donors (Lipinski definition) is 1. The van der Waals surface area contributed by atoms with E-state index in [1.165, 1.54) is 0 Å². The minimum absolute atomic E-state index is 0.157. The van der Waals surface area contributed by atoms with Crippen LogP contribution in [0.3, 0.4) is 0 Å². The summed E-state index contributed by atoms with van der Waals surface area (Å²) in [7, 11) is 1.85. The van der Waals surface area contributed by atoms with E-state index in [9.17, 15) is 0 Å². The Balaban J connectivity index is 1.95. The minimum atomic E-state index is 0.157. The molecule has 1 atom stereocenters. The maximum Gasteiger partial charge on any atom is 0.245 e. The van der Waals surface area contributed by atoms with Gasteiger partial charge in [-0.2, -0.15) is 0 Å². The molecule has 2 N–H and O–H groups in total. The van der Waals surface area contributed by atoms with Crippen molar-refractivity contribution in [2.45, 2.75) is 13.0 Å². The third-order valence-corrected chi connectivity index (χ3v) is 3.50. The number of aryl methyl sites for hydroxylation is 1. The lowest BCUT2D eigenvalue weighted by molar-refractivity contribution is 0.237. The van der Waals surface area contributed by atoms with Gasteiger partial charge in [-0.1, -0.05) is 17.3 Å². The maximum atomic E-state index is 5.66.